The van der Waals surface area contributed by atoms with Crippen molar-refractivity contribution in [2.45, 2.75) is 0 Å². The third-order valence-corrected chi connectivity index (χ3v) is 2.62. The van der Waals surface area contributed by atoms with E-state index in [1.807, 2.05) is 6.07 Å². The first-order valence-corrected chi connectivity index (χ1v) is 6.15. The minimum Gasteiger partial charge on any atom is -0.320 e. The van der Waals surface area contributed by atoms with Crippen molar-refractivity contribution < 1.29 is 9.18 Å². The van der Waals surface area contributed by atoms with Gasteiger partial charge < -0.3 is 5.32 Å². The van der Waals surface area contributed by atoms with Gasteiger partial charge in [0.05, 0.1) is 5.69 Å². The Bertz CT molecular complexity index is 631. The summed E-state index contributed by atoms with van der Waals surface area (Å²) in [6.07, 6.45) is 0. The summed E-state index contributed by atoms with van der Waals surface area (Å²) in [5.41, 5.74) is 3.13. The highest BCUT2D eigenvalue weighted by atomic mass is 35.5. The fourth-order valence-corrected chi connectivity index (χ4v) is 1.51. The third kappa shape index (κ3) is 3.80. The molecule has 0 atom stereocenters. The summed E-state index contributed by atoms with van der Waals surface area (Å²) in [4.78, 5) is 11.7. The van der Waals surface area contributed by atoms with Crippen LogP contribution in [0.3, 0.4) is 0 Å². The number of hydrazone groups is 1. The maximum atomic E-state index is 13.3. The number of carbonyl (C=O) groups excluding carboxylic acids is 1. The molecule has 2 N–H and O–H groups in total. The number of benzene rings is 2. The first-order valence-electron chi connectivity index (χ1n) is 5.77. The van der Waals surface area contributed by atoms with Gasteiger partial charge in [-0.25, -0.2) is 4.39 Å². The van der Waals surface area contributed by atoms with E-state index in [0.717, 1.165) is 0 Å². The predicted octanol–water partition coefficient (Wildman–Crippen LogP) is 3.43. The van der Waals surface area contributed by atoms with Crippen LogP contribution in [0.4, 0.5) is 15.8 Å². The van der Waals surface area contributed by atoms with E-state index < -0.39 is 11.7 Å². The van der Waals surface area contributed by atoms with Crippen LogP contribution in [0.2, 0.25) is 0 Å². The summed E-state index contributed by atoms with van der Waals surface area (Å²) in [7, 11) is 0. The largest absolute Gasteiger partial charge is 0.320 e. The van der Waals surface area contributed by atoms with E-state index in [9.17, 15) is 9.18 Å². The normalized spacial score (nSPS) is 11.0. The molecule has 1 amide bonds. The van der Waals surface area contributed by atoms with Gasteiger partial charge in [0.25, 0.3) is 5.91 Å². The molecule has 0 fully saturated rings. The standard InChI is InChI=1S/C14H11ClFN3O/c15-13(14(20)17-10-6-2-1-3-7-10)19-18-12-9-5-4-8-11(12)16/h1-9,18H,(H,17,20)/b19-13-. The van der Waals surface area contributed by atoms with Crippen molar-refractivity contribution in [1.82, 2.24) is 0 Å². The van der Waals surface area contributed by atoms with Crippen LogP contribution in [0, 0.1) is 5.82 Å². The summed E-state index contributed by atoms with van der Waals surface area (Å²) in [5.74, 6) is -1.06. The van der Waals surface area contributed by atoms with E-state index in [4.69, 9.17) is 11.6 Å². The lowest BCUT2D eigenvalue weighted by Gasteiger charge is -2.04. The molecule has 0 heterocycles. The topological polar surface area (TPSA) is 53.5 Å². The molecule has 0 aromatic heterocycles. The van der Waals surface area contributed by atoms with Crippen LogP contribution in [-0.2, 0) is 4.79 Å². The highest BCUT2D eigenvalue weighted by molar-refractivity contribution is 6.84. The molecular formula is C14H11ClFN3O. The zero-order chi connectivity index (χ0) is 14.4. The molecule has 0 aliphatic rings. The first-order chi connectivity index (χ1) is 9.66. The molecular weight excluding hydrogens is 281 g/mol. The van der Waals surface area contributed by atoms with E-state index in [1.54, 1.807) is 36.4 Å². The Morgan fingerprint density at radius 3 is 2.40 bits per heavy atom. The fourth-order valence-electron chi connectivity index (χ4n) is 1.42. The van der Waals surface area contributed by atoms with E-state index in [-0.39, 0.29) is 10.9 Å². The Balaban J connectivity index is 2.00. The highest BCUT2D eigenvalue weighted by Gasteiger charge is 2.09. The molecule has 0 unspecified atom stereocenters. The van der Waals surface area contributed by atoms with Crippen LogP contribution < -0.4 is 10.7 Å². The zero-order valence-electron chi connectivity index (χ0n) is 10.3. The number of para-hydroxylation sites is 2. The zero-order valence-corrected chi connectivity index (χ0v) is 11.1. The monoisotopic (exact) mass is 291 g/mol. The molecule has 0 saturated carbocycles. The summed E-state index contributed by atoms with van der Waals surface area (Å²) < 4.78 is 13.3. The number of carbonyl (C=O) groups is 1. The molecule has 0 saturated heterocycles. The summed E-state index contributed by atoms with van der Waals surface area (Å²) >= 11 is 5.74. The maximum Gasteiger partial charge on any atom is 0.287 e. The molecule has 2 aromatic rings. The van der Waals surface area contributed by atoms with Crippen molar-refractivity contribution >= 4 is 34.1 Å². The van der Waals surface area contributed by atoms with Crippen LogP contribution in [0.1, 0.15) is 0 Å². The number of hydrogen-bond acceptors (Lipinski definition) is 3. The molecule has 2 aromatic carbocycles. The van der Waals surface area contributed by atoms with Crippen LogP contribution in [-0.4, -0.2) is 11.1 Å². The van der Waals surface area contributed by atoms with E-state index in [2.05, 4.69) is 15.8 Å². The lowest BCUT2D eigenvalue weighted by molar-refractivity contribution is -0.110. The smallest absolute Gasteiger partial charge is 0.287 e. The van der Waals surface area contributed by atoms with Gasteiger partial charge in [0.1, 0.15) is 5.82 Å². The van der Waals surface area contributed by atoms with Gasteiger partial charge in [-0.2, -0.15) is 5.10 Å². The number of halogens is 2. The van der Waals surface area contributed by atoms with Crippen molar-refractivity contribution in [2.24, 2.45) is 5.10 Å². The molecule has 0 bridgehead atoms. The minimum atomic E-state index is -0.582. The van der Waals surface area contributed by atoms with Gasteiger partial charge in [0, 0.05) is 5.69 Å². The van der Waals surface area contributed by atoms with Gasteiger partial charge in [0.2, 0.25) is 5.17 Å². The molecule has 4 nitrogen and oxygen atoms in total. The second-order valence-electron chi connectivity index (χ2n) is 3.81. The number of hydrogen-bond donors (Lipinski definition) is 2. The number of nitrogens with one attached hydrogen (secondary N) is 2. The number of amides is 1. The van der Waals surface area contributed by atoms with Gasteiger partial charge in [-0.3, -0.25) is 10.2 Å². The van der Waals surface area contributed by atoms with Crippen molar-refractivity contribution in [2.75, 3.05) is 10.7 Å². The SMILES string of the molecule is O=C(Nc1ccccc1)/C(Cl)=N/Nc1ccccc1F. The average Bonchev–Trinajstić information content (AvgIpc) is 2.47. The number of rotatable bonds is 4. The van der Waals surface area contributed by atoms with E-state index >= 15 is 0 Å². The van der Waals surface area contributed by atoms with Gasteiger partial charge in [0.15, 0.2) is 0 Å². The maximum absolute atomic E-state index is 13.3. The second-order valence-corrected chi connectivity index (χ2v) is 4.17. The average molecular weight is 292 g/mol. The van der Waals surface area contributed by atoms with Gasteiger partial charge in [-0.05, 0) is 24.3 Å². The van der Waals surface area contributed by atoms with Crippen molar-refractivity contribution in [3.05, 3.63) is 60.4 Å². The lowest BCUT2D eigenvalue weighted by Crippen LogP contribution is -2.19. The summed E-state index contributed by atoms with van der Waals surface area (Å²) in [5, 5.41) is 5.87. The fraction of sp³-hybridized carbons (Fsp3) is 0. The molecule has 0 radical (unpaired) electrons. The molecule has 0 aliphatic carbocycles. The minimum absolute atomic E-state index is 0.137. The second kappa shape index (κ2) is 6.68. The highest BCUT2D eigenvalue weighted by Crippen LogP contribution is 2.12. The van der Waals surface area contributed by atoms with E-state index in [0.29, 0.717) is 5.69 Å². The van der Waals surface area contributed by atoms with Gasteiger partial charge in [-0.15, -0.1) is 0 Å². The number of anilines is 2. The Labute approximate surface area is 120 Å². The van der Waals surface area contributed by atoms with Crippen molar-refractivity contribution in [3.63, 3.8) is 0 Å². The van der Waals surface area contributed by atoms with E-state index in [1.165, 1.54) is 12.1 Å². The predicted molar refractivity (Wildman–Crippen MR) is 78.4 cm³/mol. The Morgan fingerprint density at radius 2 is 1.70 bits per heavy atom. The Hall–Kier alpha value is -2.40. The van der Waals surface area contributed by atoms with Crippen molar-refractivity contribution in [3.8, 4) is 0 Å². The number of nitrogens with zero attached hydrogens (tertiary/aromatic N) is 1. The molecule has 6 heteroatoms. The molecule has 20 heavy (non-hydrogen) atoms. The molecule has 102 valence electrons. The van der Waals surface area contributed by atoms with Crippen LogP contribution >= 0.6 is 11.6 Å². The van der Waals surface area contributed by atoms with Gasteiger partial charge >= 0.3 is 0 Å². The van der Waals surface area contributed by atoms with Crippen LogP contribution in [0.5, 0.6) is 0 Å². The van der Waals surface area contributed by atoms with Crippen LogP contribution in [0.15, 0.2) is 59.7 Å². The summed E-state index contributed by atoms with van der Waals surface area (Å²) in [6, 6.07) is 14.8. The van der Waals surface area contributed by atoms with Crippen LogP contribution in [0.25, 0.3) is 0 Å². The third-order valence-electron chi connectivity index (χ3n) is 2.37. The Kier molecular flexibility index (Phi) is 4.68. The summed E-state index contributed by atoms with van der Waals surface area (Å²) in [6.45, 7) is 0. The quantitative estimate of drug-likeness (QED) is 0.670. The molecule has 0 spiro atoms. The van der Waals surface area contributed by atoms with Gasteiger partial charge in [-0.1, -0.05) is 41.9 Å². The Morgan fingerprint density at radius 1 is 1.05 bits per heavy atom. The lowest BCUT2D eigenvalue weighted by atomic mass is 10.3. The first kappa shape index (κ1) is 14.0. The van der Waals surface area contributed by atoms with Crippen molar-refractivity contribution in [1.29, 1.82) is 0 Å². The molecule has 2 rings (SSSR count). The molecule has 0 aliphatic heterocycles.